The van der Waals surface area contributed by atoms with Gasteiger partial charge in [-0.1, -0.05) is 0 Å². The Morgan fingerprint density at radius 2 is 1.48 bits per heavy atom. The van der Waals surface area contributed by atoms with E-state index in [2.05, 4.69) is 0 Å². The molecule has 7 heteroatoms. The molecule has 0 atom stereocenters. The van der Waals surface area contributed by atoms with Crippen LogP contribution in [-0.4, -0.2) is 37.3 Å². The van der Waals surface area contributed by atoms with Crippen LogP contribution in [0, 0.1) is 0 Å². The van der Waals surface area contributed by atoms with Crippen LogP contribution in [-0.2, 0) is 0 Å². The molecule has 0 amide bonds. The molecule has 0 radical (unpaired) electrons. The molecule has 2 aromatic carbocycles. The van der Waals surface area contributed by atoms with E-state index in [0.29, 0.717) is 0 Å². The summed E-state index contributed by atoms with van der Waals surface area (Å²) >= 11 is 0. The van der Waals surface area contributed by atoms with Crippen molar-refractivity contribution in [3.8, 4) is 23.0 Å². The van der Waals surface area contributed by atoms with Crippen molar-refractivity contribution in [1.82, 2.24) is 0 Å². The number of phenols is 4. The highest BCUT2D eigenvalue weighted by Gasteiger charge is 2.23. The van der Waals surface area contributed by atoms with Crippen LogP contribution in [0.4, 0.5) is 0 Å². The van der Waals surface area contributed by atoms with Gasteiger partial charge in [0, 0.05) is 17.2 Å². The van der Waals surface area contributed by atoms with Gasteiger partial charge in [-0.15, -0.1) is 0 Å². The fraction of sp³-hybridized carbons (Fsp3) is 0. The quantitative estimate of drug-likeness (QED) is 0.426. The minimum Gasteiger partial charge on any atom is -0.508 e. The zero-order chi connectivity index (χ0) is 15.7. The lowest BCUT2D eigenvalue weighted by molar-refractivity contribution is 0.0689. The minimum atomic E-state index is -1.54. The van der Waals surface area contributed by atoms with Gasteiger partial charge in [0.25, 0.3) is 0 Å². The van der Waals surface area contributed by atoms with Crippen molar-refractivity contribution in [3.63, 3.8) is 0 Å². The molecule has 0 aromatic heterocycles. The highest BCUT2D eigenvalue weighted by atomic mass is 16.4. The fourth-order valence-electron chi connectivity index (χ4n) is 1.84. The summed E-state index contributed by atoms with van der Waals surface area (Å²) in [5.41, 5.74) is -1.21. The molecule has 0 aliphatic rings. The van der Waals surface area contributed by atoms with Crippen molar-refractivity contribution in [2.75, 3.05) is 0 Å². The number of carbonyl (C=O) groups is 2. The van der Waals surface area contributed by atoms with Gasteiger partial charge in [0.15, 0.2) is 17.3 Å². The molecule has 0 bridgehead atoms. The van der Waals surface area contributed by atoms with Crippen molar-refractivity contribution >= 4 is 11.8 Å². The van der Waals surface area contributed by atoms with E-state index in [-0.39, 0.29) is 5.56 Å². The summed E-state index contributed by atoms with van der Waals surface area (Å²) in [5, 5.41) is 46.6. The third-order valence-corrected chi connectivity index (χ3v) is 2.80. The molecular weight excluding hydrogens is 280 g/mol. The number of hydrogen-bond acceptors (Lipinski definition) is 6. The SMILES string of the molecule is O=C(c1ccc(O)c(O)c1)c1cc(O)cc(O)c1C(=O)O. The van der Waals surface area contributed by atoms with Crippen LogP contribution < -0.4 is 0 Å². The minimum absolute atomic E-state index is 0.113. The van der Waals surface area contributed by atoms with E-state index in [4.69, 9.17) is 5.11 Å². The molecular formula is C14H10O7. The largest absolute Gasteiger partial charge is 0.508 e. The number of aromatic hydroxyl groups is 4. The lowest BCUT2D eigenvalue weighted by Crippen LogP contribution is -2.10. The van der Waals surface area contributed by atoms with Gasteiger partial charge in [-0.05, 0) is 24.3 Å². The van der Waals surface area contributed by atoms with Crippen LogP contribution in [0.25, 0.3) is 0 Å². The lowest BCUT2D eigenvalue weighted by Gasteiger charge is -2.09. The first kappa shape index (κ1) is 14.2. The van der Waals surface area contributed by atoms with Gasteiger partial charge in [-0.3, -0.25) is 4.79 Å². The van der Waals surface area contributed by atoms with Crippen LogP contribution in [0.3, 0.4) is 0 Å². The summed E-state index contributed by atoms with van der Waals surface area (Å²) in [6.45, 7) is 0. The van der Waals surface area contributed by atoms with E-state index in [1.54, 1.807) is 0 Å². The van der Waals surface area contributed by atoms with Gasteiger partial charge in [-0.2, -0.15) is 0 Å². The molecule has 0 saturated heterocycles. The van der Waals surface area contributed by atoms with Crippen molar-refractivity contribution in [3.05, 3.63) is 47.0 Å². The maximum absolute atomic E-state index is 12.3. The standard InChI is InChI=1S/C14H10O7/c15-7-4-8(12(14(20)21)11(18)5-7)13(19)6-1-2-9(16)10(17)3-6/h1-5,15-18H,(H,20,21). The van der Waals surface area contributed by atoms with E-state index in [9.17, 15) is 30.0 Å². The molecule has 0 spiro atoms. The highest BCUT2D eigenvalue weighted by molar-refractivity contribution is 6.15. The second-order valence-electron chi connectivity index (χ2n) is 4.23. The van der Waals surface area contributed by atoms with Gasteiger partial charge in [-0.25, -0.2) is 4.79 Å². The number of carboxylic acids is 1. The number of benzene rings is 2. The Hall–Kier alpha value is -3.22. The number of aromatic carboxylic acids is 1. The molecule has 0 saturated carbocycles. The van der Waals surface area contributed by atoms with Gasteiger partial charge in [0.2, 0.25) is 0 Å². The zero-order valence-corrected chi connectivity index (χ0v) is 10.4. The molecule has 108 valence electrons. The molecule has 0 unspecified atom stereocenters. The average molecular weight is 290 g/mol. The van der Waals surface area contributed by atoms with E-state index in [1.165, 1.54) is 6.07 Å². The van der Waals surface area contributed by atoms with Crippen LogP contribution in [0.15, 0.2) is 30.3 Å². The Morgan fingerprint density at radius 3 is 2.05 bits per heavy atom. The molecule has 0 heterocycles. The Bertz CT molecular complexity index is 749. The third-order valence-electron chi connectivity index (χ3n) is 2.80. The lowest BCUT2D eigenvalue weighted by atomic mass is 9.97. The van der Waals surface area contributed by atoms with Crippen LogP contribution in [0.2, 0.25) is 0 Å². The van der Waals surface area contributed by atoms with Gasteiger partial charge in [0.05, 0.1) is 0 Å². The Morgan fingerprint density at radius 1 is 0.810 bits per heavy atom. The first-order chi connectivity index (χ1) is 9.81. The number of carbonyl (C=O) groups excluding carboxylic acids is 1. The highest BCUT2D eigenvalue weighted by Crippen LogP contribution is 2.31. The van der Waals surface area contributed by atoms with Crippen molar-refractivity contribution in [1.29, 1.82) is 0 Å². The second kappa shape index (κ2) is 5.04. The third kappa shape index (κ3) is 2.57. The first-order valence-corrected chi connectivity index (χ1v) is 5.67. The fourth-order valence-corrected chi connectivity index (χ4v) is 1.84. The van der Waals surface area contributed by atoms with E-state index >= 15 is 0 Å². The van der Waals surface area contributed by atoms with Crippen molar-refractivity contribution in [2.45, 2.75) is 0 Å². The number of hydrogen-bond donors (Lipinski definition) is 5. The number of carboxylic acid groups (broad SMARTS) is 1. The predicted octanol–water partition coefficient (Wildman–Crippen LogP) is 1.44. The van der Waals surface area contributed by atoms with Crippen LogP contribution >= 0.6 is 0 Å². The zero-order valence-electron chi connectivity index (χ0n) is 10.4. The Balaban J connectivity index is 2.62. The van der Waals surface area contributed by atoms with E-state index in [1.807, 2.05) is 0 Å². The number of phenolic OH excluding ortho intramolecular Hbond substituents is 3. The summed E-state index contributed by atoms with van der Waals surface area (Å²) in [7, 11) is 0. The number of ketones is 1. The first-order valence-electron chi connectivity index (χ1n) is 5.67. The molecule has 2 aromatic rings. The maximum Gasteiger partial charge on any atom is 0.340 e. The summed E-state index contributed by atoms with van der Waals surface area (Å²) in [6, 6.07) is 4.88. The van der Waals surface area contributed by atoms with Crippen molar-refractivity contribution in [2.24, 2.45) is 0 Å². The van der Waals surface area contributed by atoms with Crippen molar-refractivity contribution < 1.29 is 35.1 Å². The monoisotopic (exact) mass is 290 g/mol. The summed E-state index contributed by atoms with van der Waals surface area (Å²) < 4.78 is 0. The molecule has 21 heavy (non-hydrogen) atoms. The van der Waals surface area contributed by atoms with E-state index in [0.717, 1.165) is 24.3 Å². The van der Waals surface area contributed by atoms with E-state index < -0.39 is 45.9 Å². The maximum atomic E-state index is 12.3. The van der Waals surface area contributed by atoms with Crippen LogP contribution in [0.1, 0.15) is 26.3 Å². The molecule has 5 N–H and O–H groups in total. The molecule has 0 aliphatic carbocycles. The second-order valence-corrected chi connectivity index (χ2v) is 4.23. The topological polar surface area (TPSA) is 135 Å². The van der Waals surface area contributed by atoms with Gasteiger partial charge in [0.1, 0.15) is 17.1 Å². The predicted molar refractivity (Wildman–Crippen MR) is 69.9 cm³/mol. The molecule has 0 aliphatic heterocycles. The smallest absolute Gasteiger partial charge is 0.340 e. The summed E-state index contributed by atoms with van der Waals surface area (Å²) in [5.74, 6) is -4.61. The molecule has 7 nitrogen and oxygen atoms in total. The summed E-state index contributed by atoms with van der Waals surface area (Å²) in [6.07, 6.45) is 0. The Kier molecular flexibility index (Phi) is 3.41. The number of rotatable bonds is 3. The molecule has 0 fully saturated rings. The normalized spacial score (nSPS) is 10.3. The van der Waals surface area contributed by atoms with Crippen LogP contribution in [0.5, 0.6) is 23.0 Å². The van der Waals surface area contributed by atoms with Gasteiger partial charge >= 0.3 is 5.97 Å². The van der Waals surface area contributed by atoms with Gasteiger partial charge < -0.3 is 25.5 Å². The average Bonchev–Trinajstić information content (AvgIpc) is 2.39. The molecule has 2 rings (SSSR count). The Labute approximate surface area is 118 Å². The summed E-state index contributed by atoms with van der Waals surface area (Å²) in [4.78, 5) is 23.4.